The molecular formula is C12H16N4. The van der Waals surface area contributed by atoms with Crippen LogP contribution in [0.25, 0.3) is 16.5 Å². The molecule has 1 aromatic carbocycles. The minimum atomic E-state index is 0.517. The van der Waals surface area contributed by atoms with Crippen molar-refractivity contribution in [1.82, 2.24) is 0 Å². The monoisotopic (exact) mass is 216 g/mol. The molecule has 84 valence electrons. The molecule has 1 rings (SSSR count). The summed E-state index contributed by atoms with van der Waals surface area (Å²) in [4.78, 5) is 4.76. The summed E-state index contributed by atoms with van der Waals surface area (Å²) in [7, 11) is 4.04. The van der Waals surface area contributed by atoms with Crippen molar-refractivity contribution in [1.29, 1.82) is 0 Å². The van der Waals surface area contributed by atoms with Crippen molar-refractivity contribution in [3.63, 3.8) is 0 Å². The van der Waals surface area contributed by atoms with Crippen molar-refractivity contribution in [2.45, 2.75) is 6.42 Å². The molecule has 0 aliphatic carbocycles. The van der Waals surface area contributed by atoms with E-state index in [1.165, 1.54) is 5.69 Å². The largest absolute Gasteiger partial charge is 0.378 e. The fraction of sp³-hybridized carbons (Fsp3) is 0.333. The van der Waals surface area contributed by atoms with Crippen LogP contribution in [0, 0.1) is 0 Å². The Balaban J connectivity index is 2.51. The average Bonchev–Trinajstić information content (AvgIpc) is 2.29. The van der Waals surface area contributed by atoms with Crippen LogP contribution >= 0.6 is 0 Å². The topological polar surface area (TPSA) is 52.0 Å². The van der Waals surface area contributed by atoms with Gasteiger partial charge in [0.2, 0.25) is 0 Å². The molecule has 0 saturated heterocycles. The molecule has 4 nitrogen and oxygen atoms in total. The highest BCUT2D eigenvalue weighted by atomic mass is 15.1. The highest BCUT2D eigenvalue weighted by molar-refractivity contribution is 5.55. The molecule has 0 atom stereocenters. The third-order valence-corrected chi connectivity index (χ3v) is 2.18. The van der Waals surface area contributed by atoms with Crippen molar-refractivity contribution in [3.8, 4) is 0 Å². The zero-order chi connectivity index (χ0) is 11.8. The van der Waals surface area contributed by atoms with Crippen molar-refractivity contribution < 1.29 is 0 Å². The van der Waals surface area contributed by atoms with Crippen LogP contribution in [0.15, 0.2) is 35.5 Å². The number of hydrogen-bond donors (Lipinski definition) is 0. The van der Waals surface area contributed by atoms with E-state index >= 15 is 0 Å². The lowest BCUT2D eigenvalue weighted by molar-refractivity contribution is 0.996. The molecule has 0 fully saturated rings. The summed E-state index contributed by atoms with van der Waals surface area (Å²) in [6.45, 7) is 0.517. The Morgan fingerprint density at radius 2 is 2.00 bits per heavy atom. The van der Waals surface area contributed by atoms with Crippen LogP contribution in [0.4, 0.5) is 5.69 Å². The van der Waals surface area contributed by atoms with E-state index < -0.39 is 0 Å². The maximum absolute atomic E-state index is 8.09. The van der Waals surface area contributed by atoms with Gasteiger partial charge < -0.3 is 4.90 Å². The Hall–Kier alpha value is -1.93. The SMILES string of the molecule is CN(C)c1ccc(C=CCCN=[N+]=[N-])cc1. The third kappa shape index (κ3) is 4.07. The molecule has 0 amide bonds. The van der Waals surface area contributed by atoms with Crippen LogP contribution < -0.4 is 4.90 Å². The van der Waals surface area contributed by atoms with Gasteiger partial charge in [0, 0.05) is 31.2 Å². The van der Waals surface area contributed by atoms with E-state index in [2.05, 4.69) is 39.2 Å². The molecule has 0 spiro atoms. The van der Waals surface area contributed by atoms with Crippen LogP contribution in [-0.2, 0) is 0 Å². The summed E-state index contributed by atoms with van der Waals surface area (Å²) >= 11 is 0. The number of rotatable bonds is 5. The Morgan fingerprint density at radius 1 is 1.31 bits per heavy atom. The van der Waals surface area contributed by atoms with Crippen LogP contribution in [0.3, 0.4) is 0 Å². The molecule has 0 N–H and O–H groups in total. The van der Waals surface area contributed by atoms with E-state index in [0.29, 0.717) is 6.54 Å². The zero-order valence-electron chi connectivity index (χ0n) is 9.67. The van der Waals surface area contributed by atoms with Gasteiger partial charge in [0.1, 0.15) is 0 Å². The maximum atomic E-state index is 8.09. The lowest BCUT2D eigenvalue weighted by Crippen LogP contribution is -2.07. The van der Waals surface area contributed by atoms with Gasteiger partial charge in [-0.25, -0.2) is 0 Å². The number of benzene rings is 1. The van der Waals surface area contributed by atoms with Gasteiger partial charge in [0.25, 0.3) is 0 Å². The van der Waals surface area contributed by atoms with Crippen molar-refractivity contribution in [2.75, 3.05) is 25.5 Å². The van der Waals surface area contributed by atoms with Crippen LogP contribution in [0.2, 0.25) is 0 Å². The van der Waals surface area contributed by atoms with Gasteiger partial charge in [-0.15, -0.1) is 0 Å². The number of anilines is 1. The molecule has 0 saturated carbocycles. The van der Waals surface area contributed by atoms with E-state index in [0.717, 1.165) is 12.0 Å². The van der Waals surface area contributed by atoms with Gasteiger partial charge >= 0.3 is 0 Å². The quantitative estimate of drug-likeness (QED) is 0.322. The van der Waals surface area contributed by atoms with E-state index in [1.807, 2.05) is 26.2 Å². The van der Waals surface area contributed by atoms with E-state index in [-0.39, 0.29) is 0 Å². The summed E-state index contributed by atoms with van der Waals surface area (Å²) in [6.07, 6.45) is 4.82. The Bertz CT molecular complexity index is 386. The molecule has 16 heavy (non-hydrogen) atoms. The molecule has 0 aliphatic rings. The smallest absolute Gasteiger partial charge is 0.0361 e. The van der Waals surface area contributed by atoms with E-state index in [4.69, 9.17) is 5.53 Å². The molecule has 0 radical (unpaired) electrons. The summed E-state index contributed by atoms with van der Waals surface area (Å²) in [6, 6.07) is 8.29. The van der Waals surface area contributed by atoms with Crippen molar-refractivity contribution in [3.05, 3.63) is 46.3 Å². The Kier molecular flexibility index (Phi) is 4.96. The molecule has 1 aromatic rings. The van der Waals surface area contributed by atoms with Gasteiger partial charge in [-0.3, -0.25) is 0 Å². The van der Waals surface area contributed by atoms with Crippen LogP contribution in [0.5, 0.6) is 0 Å². The lowest BCUT2D eigenvalue weighted by atomic mass is 10.2. The standard InChI is InChI=1S/C12H16N4/c1-16(2)12-8-6-11(7-9-12)5-3-4-10-14-15-13/h3,5-9H,4,10H2,1-2H3. The molecule has 0 heterocycles. The Morgan fingerprint density at radius 3 is 2.56 bits per heavy atom. The predicted molar refractivity (Wildman–Crippen MR) is 68.4 cm³/mol. The first-order valence-electron chi connectivity index (χ1n) is 5.19. The maximum Gasteiger partial charge on any atom is 0.0361 e. The lowest BCUT2D eigenvalue weighted by Gasteiger charge is -2.11. The Labute approximate surface area is 95.8 Å². The van der Waals surface area contributed by atoms with Crippen molar-refractivity contribution in [2.24, 2.45) is 5.11 Å². The number of nitrogens with zero attached hydrogens (tertiary/aromatic N) is 4. The highest BCUT2D eigenvalue weighted by Gasteiger charge is 1.92. The predicted octanol–water partition coefficient (Wildman–Crippen LogP) is 3.47. The molecule has 0 aromatic heterocycles. The van der Waals surface area contributed by atoms with Gasteiger partial charge in [0.05, 0.1) is 0 Å². The molecule has 0 bridgehead atoms. The van der Waals surface area contributed by atoms with Crippen LogP contribution in [-0.4, -0.2) is 20.6 Å². The van der Waals surface area contributed by atoms with Crippen LogP contribution in [0.1, 0.15) is 12.0 Å². The molecule has 0 unspecified atom stereocenters. The first-order chi connectivity index (χ1) is 7.74. The minimum absolute atomic E-state index is 0.517. The van der Waals surface area contributed by atoms with Gasteiger partial charge in [-0.05, 0) is 29.6 Å². The number of hydrogen-bond acceptors (Lipinski definition) is 2. The molecule has 0 aliphatic heterocycles. The first kappa shape index (κ1) is 12.1. The fourth-order valence-corrected chi connectivity index (χ4v) is 1.28. The second-order valence-corrected chi connectivity index (χ2v) is 3.63. The minimum Gasteiger partial charge on any atom is -0.378 e. The second kappa shape index (κ2) is 6.53. The summed E-state index contributed by atoms with van der Waals surface area (Å²) in [5, 5.41) is 3.46. The number of azide groups is 1. The second-order valence-electron chi connectivity index (χ2n) is 3.63. The third-order valence-electron chi connectivity index (χ3n) is 2.18. The summed E-state index contributed by atoms with van der Waals surface area (Å²) in [5.74, 6) is 0. The van der Waals surface area contributed by atoms with Gasteiger partial charge in [0.15, 0.2) is 0 Å². The van der Waals surface area contributed by atoms with E-state index in [9.17, 15) is 0 Å². The molecular weight excluding hydrogens is 200 g/mol. The molecule has 4 heteroatoms. The van der Waals surface area contributed by atoms with E-state index in [1.54, 1.807) is 0 Å². The summed E-state index contributed by atoms with van der Waals surface area (Å²) in [5.41, 5.74) is 10.4. The normalized spacial score (nSPS) is 10.1. The highest BCUT2D eigenvalue weighted by Crippen LogP contribution is 2.13. The van der Waals surface area contributed by atoms with Gasteiger partial charge in [-0.2, -0.15) is 0 Å². The average molecular weight is 216 g/mol. The van der Waals surface area contributed by atoms with Gasteiger partial charge in [-0.1, -0.05) is 29.4 Å². The zero-order valence-corrected chi connectivity index (χ0v) is 9.67. The summed E-state index contributed by atoms with van der Waals surface area (Å²) < 4.78 is 0. The van der Waals surface area contributed by atoms with Crippen molar-refractivity contribution >= 4 is 11.8 Å². The first-order valence-corrected chi connectivity index (χ1v) is 5.19. The fourth-order valence-electron chi connectivity index (χ4n) is 1.28.